The second kappa shape index (κ2) is 6.55. The molecule has 1 heterocycles. The summed E-state index contributed by atoms with van der Waals surface area (Å²) in [4.78, 5) is 29.0. The second-order valence-electron chi connectivity index (χ2n) is 7.26. The van der Waals surface area contributed by atoms with Gasteiger partial charge in [0.05, 0.1) is 6.04 Å². The third kappa shape index (κ3) is 2.93. The standard InChI is InChI=1S/C19H27N3O2/c1-4-9-22-13-16(10-17(22)23)20-18(24)19(21(2)3)11-14-7-5-6-8-15(14)12-19/h5-8,16H,4,9-13H2,1-3H3,(H,20,24)/t16-/m1/s1. The van der Waals surface area contributed by atoms with Crippen molar-refractivity contribution >= 4 is 11.8 Å². The largest absolute Gasteiger partial charge is 0.349 e. The zero-order chi connectivity index (χ0) is 17.3. The number of likely N-dealkylation sites (tertiary alicyclic amines) is 1. The second-order valence-corrected chi connectivity index (χ2v) is 7.26. The molecule has 1 saturated heterocycles. The van der Waals surface area contributed by atoms with E-state index in [4.69, 9.17) is 0 Å². The molecule has 1 aliphatic carbocycles. The summed E-state index contributed by atoms with van der Waals surface area (Å²) in [5.74, 6) is 0.190. The number of hydrogen-bond acceptors (Lipinski definition) is 3. The third-order valence-corrected chi connectivity index (χ3v) is 5.41. The molecule has 1 atom stereocenters. The highest BCUT2D eigenvalue weighted by Gasteiger charge is 2.46. The molecule has 2 aliphatic rings. The molecule has 0 spiro atoms. The summed E-state index contributed by atoms with van der Waals surface area (Å²) in [5, 5.41) is 3.15. The van der Waals surface area contributed by atoms with Crippen molar-refractivity contribution in [1.82, 2.24) is 15.1 Å². The topological polar surface area (TPSA) is 52.7 Å². The summed E-state index contributed by atoms with van der Waals surface area (Å²) in [6.45, 7) is 3.47. The fourth-order valence-corrected chi connectivity index (χ4v) is 3.95. The van der Waals surface area contributed by atoms with Crippen LogP contribution < -0.4 is 5.32 Å². The van der Waals surface area contributed by atoms with Gasteiger partial charge in [0.15, 0.2) is 0 Å². The van der Waals surface area contributed by atoms with Crippen LogP contribution in [0.25, 0.3) is 0 Å². The Kier molecular flexibility index (Phi) is 4.63. The monoisotopic (exact) mass is 329 g/mol. The van der Waals surface area contributed by atoms with Crippen LogP contribution in [0.2, 0.25) is 0 Å². The lowest BCUT2D eigenvalue weighted by atomic mass is 9.92. The van der Waals surface area contributed by atoms with Crippen LogP contribution in [0, 0.1) is 0 Å². The quantitative estimate of drug-likeness (QED) is 0.883. The SMILES string of the molecule is CCCN1C[C@H](NC(=O)C2(N(C)C)Cc3ccccc3C2)CC1=O. The van der Waals surface area contributed by atoms with Crippen molar-refractivity contribution in [1.29, 1.82) is 0 Å². The molecular weight excluding hydrogens is 302 g/mol. The summed E-state index contributed by atoms with van der Waals surface area (Å²) >= 11 is 0. The van der Waals surface area contributed by atoms with Gasteiger partial charge in [0.25, 0.3) is 0 Å². The smallest absolute Gasteiger partial charge is 0.241 e. The number of benzene rings is 1. The zero-order valence-electron chi connectivity index (χ0n) is 14.8. The van der Waals surface area contributed by atoms with Crippen molar-refractivity contribution in [2.75, 3.05) is 27.2 Å². The van der Waals surface area contributed by atoms with Crippen LogP contribution in [0.4, 0.5) is 0 Å². The summed E-state index contributed by atoms with van der Waals surface area (Å²) in [7, 11) is 3.93. The molecule has 24 heavy (non-hydrogen) atoms. The Hall–Kier alpha value is -1.88. The van der Waals surface area contributed by atoms with E-state index in [9.17, 15) is 9.59 Å². The van der Waals surface area contributed by atoms with Crippen LogP contribution in [0.3, 0.4) is 0 Å². The number of fused-ring (bicyclic) bond motifs is 1. The minimum absolute atomic E-state index is 0.0415. The van der Waals surface area contributed by atoms with Gasteiger partial charge < -0.3 is 10.2 Å². The summed E-state index contributed by atoms with van der Waals surface area (Å²) < 4.78 is 0. The average Bonchev–Trinajstić information content (AvgIpc) is 3.09. The first-order valence-corrected chi connectivity index (χ1v) is 8.79. The lowest BCUT2D eigenvalue weighted by molar-refractivity contribution is -0.132. The Morgan fingerprint density at radius 2 is 1.92 bits per heavy atom. The third-order valence-electron chi connectivity index (χ3n) is 5.41. The van der Waals surface area contributed by atoms with Gasteiger partial charge in [0, 0.05) is 32.4 Å². The number of amides is 2. The van der Waals surface area contributed by atoms with Crippen LogP contribution >= 0.6 is 0 Å². The molecule has 0 radical (unpaired) electrons. The summed E-state index contributed by atoms with van der Waals surface area (Å²) in [5.41, 5.74) is 1.94. The van der Waals surface area contributed by atoms with Crippen LogP contribution in [-0.2, 0) is 22.4 Å². The molecule has 1 aromatic rings. The van der Waals surface area contributed by atoms with Crippen molar-refractivity contribution in [3.05, 3.63) is 35.4 Å². The van der Waals surface area contributed by atoms with Crippen molar-refractivity contribution in [3.63, 3.8) is 0 Å². The fourth-order valence-electron chi connectivity index (χ4n) is 3.95. The van der Waals surface area contributed by atoms with E-state index in [2.05, 4.69) is 24.4 Å². The van der Waals surface area contributed by atoms with Crippen LogP contribution in [0.5, 0.6) is 0 Å². The Morgan fingerprint density at radius 3 is 2.46 bits per heavy atom. The van der Waals surface area contributed by atoms with E-state index in [1.165, 1.54) is 11.1 Å². The maximum absolute atomic E-state index is 13.1. The van der Waals surface area contributed by atoms with Gasteiger partial charge in [0.2, 0.25) is 11.8 Å². The van der Waals surface area contributed by atoms with Crippen molar-refractivity contribution in [2.45, 2.75) is 44.2 Å². The van der Waals surface area contributed by atoms with E-state index in [0.717, 1.165) is 25.8 Å². The highest BCUT2D eigenvalue weighted by atomic mass is 16.2. The normalized spacial score (nSPS) is 22.1. The van der Waals surface area contributed by atoms with Gasteiger partial charge in [-0.2, -0.15) is 0 Å². The Bertz CT molecular complexity index is 616. The van der Waals surface area contributed by atoms with Crippen molar-refractivity contribution in [3.8, 4) is 0 Å². The van der Waals surface area contributed by atoms with Gasteiger partial charge in [0.1, 0.15) is 5.54 Å². The van der Waals surface area contributed by atoms with Gasteiger partial charge in [-0.1, -0.05) is 31.2 Å². The highest BCUT2D eigenvalue weighted by molar-refractivity contribution is 5.89. The number of nitrogens with one attached hydrogen (secondary N) is 1. The highest BCUT2D eigenvalue weighted by Crippen LogP contribution is 2.34. The number of carbonyl (C=O) groups excluding carboxylic acids is 2. The lowest BCUT2D eigenvalue weighted by Gasteiger charge is -2.35. The lowest BCUT2D eigenvalue weighted by Crippen LogP contribution is -2.59. The molecular formula is C19H27N3O2. The molecule has 0 saturated carbocycles. The minimum Gasteiger partial charge on any atom is -0.349 e. The van der Waals surface area contributed by atoms with Crippen LogP contribution in [0.1, 0.15) is 30.9 Å². The maximum Gasteiger partial charge on any atom is 0.241 e. The first-order valence-electron chi connectivity index (χ1n) is 8.79. The predicted molar refractivity (Wildman–Crippen MR) is 93.7 cm³/mol. The van der Waals surface area contributed by atoms with E-state index >= 15 is 0 Å². The summed E-state index contributed by atoms with van der Waals surface area (Å²) in [6.07, 6.45) is 2.81. The van der Waals surface area contributed by atoms with E-state index in [0.29, 0.717) is 13.0 Å². The molecule has 1 aliphatic heterocycles. The first kappa shape index (κ1) is 17.0. The van der Waals surface area contributed by atoms with E-state index in [1.807, 2.05) is 36.0 Å². The van der Waals surface area contributed by atoms with Crippen LogP contribution in [-0.4, -0.2) is 60.4 Å². The first-order chi connectivity index (χ1) is 11.5. The van der Waals surface area contributed by atoms with Gasteiger partial charge in [-0.15, -0.1) is 0 Å². The number of nitrogens with zero attached hydrogens (tertiary/aromatic N) is 2. The van der Waals surface area contributed by atoms with Crippen LogP contribution in [0.15, 0.2) is 24.3 Å². The molecule has 5 heteroatoms. The molecule has 5 nitrogen and oxygen atoms in total. The fraction of sp³-hybridized carbons (Fsp3) is 0.579. The predicted octanol–water partition coefficient (Wildman–Crippen LogP) is 1.21. The molecule has 3 rings (SSSR count). The average molecular weight is 329 g/mol. The number of carbonyl (C=O) groups is 2. The molecule has 0 unspecified atom stereocenters. The molecule has 130 valence electrons. The van der Waals surface area contributed by atoms with Gasteiger partial charge >= 0.3 is 0 Å². The molecule has 0 aromatic heterocycles. The van der Waals surface area contributed by atoms with Crippen molar-refractivity contribution < 1.29 is 9.59 Å². The molecule has 2 amide bonds. The zero-order valence-corrected chi connectivity index (χ0v) is 14.8. The molecule has 1 N–H and O–H groups in total. The number of likely N-dealkylation sites (N-methyl/N-ethyl adjacent to an activating group) is 1. The molecule has 1 fully saturated rings. The Morgan fingerprint density at radius 1 is 1.29 bits per heavy atom. The van der Waals surface area contributed by atoms with E-state index in [1.54, 1.807) is 0 Å². The van der Waals surface area contributed by atoms with Crippen molar-refractivity contribution in [2.24, 2.45) is 0 Å². The molecule has 1 aromatic carbocycles. The number of rotatable bonds is 5. The van der Waals surface area contributed by atoms with Gasteiger partial charge in [-0.25, -0.2) is 0 Å². The van der Waals surface area contributed by atoms with Gasteiger partial charge in [-0.3, -0.25) is 14.5 Å². The van der Waals surface area contributed by atoms with Gasteiger partial charge in [-0.05, 0) is 31.6 Å². The van der Waals surface area contributed by atoms with E-state index < -0.39 is 5.54 Å². The Labute approximate surface area is 144 Å². The van der Waals surface area contributed by atoms with E-state index in [-0.39, 0.29) is 17.9 Å². The maximum atomic E-state index is 13.1. The Balaban J connectivity index is 1.72. The minimum atomic E-state index is -0.551. The summed E-state index contributed by atoms with van der Waals surface area (Å²) in [6, 6.07) is 8.20. The number of hydrogen-bond donors (Lipinski definition) is 1. The molecule has 0 bridgehead atoms.